The second-order valence-electron chi connectivity index (χ2n) is 5.48. The van der Waals surface area contributed by atoms with Crippen LogP contribution in [0.3, 0.4) is 0 Å². The van der Waals surface area contributed by atoms with Crippen LogP contribution in [0, 0.1) is 5.92 Å². The van der Waals surface area contributed by atoms with Gasteiger partial charge in [0.1, 0.15) is 0 Å². The van der Waals surface area contributed by atoms with E-state index in [4.69, 9.17) is 0 Å². The Balaban J connectivity index is 2.05. The highest BCUT2D eigenvalue weighted by atomic mass is 32.2. The van der Waals surface area contributed by atoms with E-state index in [1.54, 1.807) is 6.07 Å². The van der Waals surface area contributed by atoms with Crippen molar-refractivity contribution in [3.05, 3.63) is 29.8 Å². The lowest BCUT2D eigenvalue weighted by Crippen LogP contribution is -2.20. The zero-order valence-electron chi connectivity index (χ0n) is 10.6. The van der Waals surface area contributed by atoms with Crippen LogP contribution in [0.25, 0.3) is 0 Å². The highest BCUT2D eigenvalue weighted by molar-refractivity contribution is 7.92. The van der Waals surface area contributed by atoms with Crippen LogP contribution in [0.2, 0.25) is 0 Å². The first-order valence-electron chi connectivity index (χ1n) is 6.67. The molecule has 1 saturated heterocycles. The Morgan fingerprint density at radius 2 is 1.89 bits per heavy atom. The number of sulfone groups is 1. The minimum absolute atomic E-state index is 0.129. The maximum atomic E-state index is 12.5. The van der Waals surface area contributed by atoms with Gasteiger partial charge in [-0.15, -0.1) is 0 Å². The van der Waals surface area contributed by atoms with Gasteiger partial charge in [0.25, 0.3) is 0 Å². The van der Waals surface area contributed by atoms with E-state index in [2.05, 4.69) is 12.2 Å². The first-order valence-corrected chi connectivity index (χ1v) is 8.21. The number of hydrogen-bond acceptors (Lipinski definition) is 3. The SMILES string of the molecule is C[C@H]1CCN[C@H]1c1ccccc1S(=O)(=O)C1CC1. The topological polar surface area (TPSA) is 46.2 Å². The van der Waals surface area contributed by atoms with Gasteiger partial charge in [0, 0.05) is 6.04 Å². The Bertz CT molecular complexity index is 549. The van der Waals surface area contributed by atoms with Crippen molar-refractivity contribution in [2.45, 2.75) is 42.4 Å². The van der Waals surface area contributed by atoms with Crippen molar-refractivity contribution in [2.75, 3.05) is 6.54 Å². The fourth-order valence-corrected chi connectivity index (χ4v) is 4.71. The first-order chi connectivity index (χ1) is 8.60. The summed E-state index contributed by atoms with van der Waals surface area (Å²) in [6, 6.07) is 7.70. The van der Waals surface area contributed by atoms with Crippen LogP contribution in [0.1, 0.15) is 37.8 Å². The Hall–Kier alpha value is -0.870. The largest absolute Gasteiger partial charge is 0.310 e. The van der Waals surface area contributed by atoms with Gasteiger partial charge >= 0.3 is 0 Å². The zero-order valence-corrected chi connectivity index (χ0v) is 11.4. The molecular formula is C14H19NO2S. The van der Waals surface area contributed by atoms with Crippen LogP contribution >= 0.6 is 0 Å². The molecule has 1 heterocycles. The van der Waals surface area contributed by atoms with E-state index >= 15 is 0 Å². The summed E-state index contributed by atoms with van der Waals surface area (Å²) in [4.78, 5) is 0.554. The van der Waals surface area contributed by atoms with Crippen LogP contribution in [-0.2, 0) is 9.84 Å². The Morgan fingerprint density at radius 3 is 2.50 bits per heavy atom. The molecule has 3 rings (SSSR count). The third-order valence-corrected chi connectivity index (χ3v) is 6.39. The average molecular weight is 265 g/mol. The average Bonchev–Trinajstić information content (AvgIpc) is 3.13. The lowest BCUT2D eigenvalue weighted by molar-refractivity contribution is 0.494. The number of nitrogens with one attached hydrogen (secondary N) is 1. The van der Waals surface area contributed by atoms with Gasteiger partial charge in [0.2, 0.25) is 0 Å². The minimum Gasteiger partial charge on any atom is -0.310 e. The summed E-state index contributed by atoms with van der Waals surface area (Å²) in [5.41, 5.74) is 0.967. The Morgan fingerprint density at radius 1 is 1.17 bits per heavy atom. The normalized spacial score (nSPS) is 28.5. The lowest BCUT2D eigenvalue weighted by atomic mass is 9.96. The molecule has 0 spiro atoms. The van der Waals surface area contributed by atoms with Crippen molar-refractivity contribution >= 4 is 9.84 Å². The molecule has 1 N–H and O–H groups in total. The molecule has 3 nitrogen and oxygen atoms in total. The second-order valence-corrected chi connectivity index (χ2v) is 7.68. The second kappa shape index (κ2) is 4.35. The van der Waals surface area contributed by atoms with E-state index in [0.717, 1.165) is 31.4 Å². The molecule has 2 atom stereocenters. The molecule has 0 unspecified atom stereocenters. The fourth-order valence-electron chi connectivity index (χ4n) is 2.81. The molecule has 0 radical (unpaired) electrons. The van der Waals surface area contributed by atoms with Crippen molar-refractivity contribution < 1.29 is 8.42 Å². The molecule has 18 heavy (non-hydrogen) atoms. The monoisotopic (exact) mass is 265 g/mol. The molecule has 1 aromatic rings. The van der Waals surface area contributed by atoms with Crippen molar-refractivity contribution in [3.8, 4) is 0 Å². The van der Waals surface area contributed by atoms with E-state index < -0.39 is 9.84 Å². The van der Waals surface area contributed by atoms with E-state index in [-0.39, 0.29) is 11.3 Å². The molecule has 2 fully saturated rings. The van der Waals surface area contributed by atoms with E-state index in [1.807, 2.05) is 18.2 Å². The molecule has 1 saturated carbocycles. The Kier molecular flexibility index (Phi) is 2.94. The van der Waals surface area contributed by atoms with Gasteiger partial charge in [-0.3, -0.25) is 0 Å². The van der Waals surface area contributed by atoms with Crippen molar-refractivity contribution in [3.63, 3.8) is 0 Å². The highest BCUT2D eigenvalue weighted by Crippen LogP contribution is 2.39. The highest BCUT2D eigenvalue weighted by Gasteiger charge is 2.39. The predicted octanol–water partition coefficient (Wildman–Crippen LogP) is 2.29. The third-order valence-electron chi connectivity index (χ3n) is 4.06. The summed E-state index contributed by atoms with van der Waals surface area (Å²) < 4.78 is 24.9. The van der Waals surface area contributed by atoms with Crippen LogP contribution in [0.4, 0.5) is 0 Å². The summed E-state index contributed by atoms with van der Waals surface area (Å²) in [6.07, 6.45) is 2.76. The van der Waals surface area contributed by atoms with Crippen LogP contribution in [-0.4, -0.2) is 20.2 Å². The van der Waals surface area contributed by atoms with Gasteiger partial charge in [-0.2, -0.15) is 0 Å². The third kappa shape index (κ3) is 1.97. The number of rotatable bonds is 3. The van der Waals surface area contributed by atoms with E-state index in [1.165, 1.54) is 0 Å². The summed E-state index contributed by atoms with van der Waals surface area (Å²) in [5.74, 6) is 0.501. The van der Waals surface area contributed by atoms with Gasteiger partial charge in [-0.25, -0.2) is 8.42 Å². The van der Waals surface area contributed by atoms with Crippen LogP contribution < -0.4 is 5.32 Å². The molecule has 1 aliphatic heterocycles. The van der Waals surface area contributed by atoms with Crippen molar-refractivity contribution in [1.29, 1.82) is 0 Å². The summed E-state index contributed by atoms with van der Waals surface area (Å²) in [5, 5.41) is 3.30. The van der Waals surface area contributed by atoms with Crippen molar-refractivity contribution in [2.24, 2.45) is 5.92 Å². The zero-order chi connectivity index (χ0) is 12.8. The van der Waals surface area contributed by atoms with Crippen LogP contribution in [0.5, 0.6) is 0 Å². The molecule has 0 amide bonds. The first kappa shape index (κ1) is 12.2. The van der Waals surface area contributed by atoms with Gasteiger partial charge in [-0.1, -0.05) is 25.1 Å². The number of hydrogen-bond donors (Lipinski definition) is 1. The van der Waals surface area contributed by atoms with Crippen LogP contribution in [0.15, 0.2) is 29.2 Å². The molecule has 2 aliphatic rings. The molecule has 4 heteroatoms. The lowest BCUT2D eigenvalue weighted by Gasteiger charge is -2.19. The summed E-state index contributed by atoms with van der Waals surface area (Å²) >= 11 is 0. The molecular weight excluding hydrogens is 246 g/mol. The summed E-state index contributed by atoms with van der Waals surface area (Å²) in [7, 11) is -3.10. The van der Waals surface area contributed by atoms with Crippen molar-refractivity contribution in [1.82, 2.24) is 5.32 Å². The van der Waals surface area contributed by atoms with E-state index in [9.17, 15) is 8.42 Å². The standard InChI is InChI=1S/C14H19NO2S/c1-10-8-9-15-14(10)12-4-2-3-5-13(12)18(16,17)11-6-7-11/h2-5,10-11,14-15H,6-9H2,1H3/t10-,14+/m0/s1. The smallest absolute Gasteiger partial charge is 0.181 e. The van der Waals surface area contributed by atoms with Gasteiger partial charge in [0.15, 0.2) is 9.84 Å². The maximum Gasteiger partial charge on any atom is 0.181 e. The molecule has 0 aromatic heterocycles. The van der Waals surface area contributed by atoms with Gasteiger partial charge < -0.3 is 5.32 Å². The van der Waals surface area contributed by atoms with Gasteiger partial charge in [0.05, 0.1) is 10.1 Å². The summed E-state index contributed by atoms with van der Waals surface area (Å²) in [6.45, 7) is 3.16. The molecule has 1 aliphatic carbocycles. The Labute approximate surface area is 109 Å². The molecule has 1 aromatic carbocycles. The maximum absolute atomic E-state index is 12.5. The minimum atomic E-state index is -3.10. The number of benzene rings is 1. The molecule has 0 bridgehead atoms. The predicted molar refractivity (Wildman–Crippen MR) is 71.2 cm³/mol. The van der Waals surface area contributed by atoms with Gasteiger partial charge in [-0.05, 0) is 43.4 Å². The fraction of sp³-hybridized carbons (Fsp3) is 0.571. The molecule has 98 valence electrons. The quantitative estimate of drug-likeness (QED) is 0.912. The van der Waals surface area contributed by atoms with E-state index in [0.29, 0.717) is 10.8 Å².